The van der Waals surface area contributed by atoms with E-state index in [-0.39, 0.29) is 11.4 Å². The molecule has 1 fully saturated rings. The number of nitro benzene ring substituents is 1. The van der Waals surface area contributed by atoms with Gasteiger partial charge in [0.2, 0.25) is 5.95 Å². The molecule has 1 saturated carbocycles. The second-order valence-electron chi connectivity index (χ2n) is 8.06. The summed E-state index contributed by atoms with van der Waals surface area (Å²) in [7, 11) is 3.88. The zero-order valence-corrected chi connectivity index (χ0v) is 18.1. The van der Waals surface area contributed by atoms with Crippen LogP contribution in [0.2, 0.25) is 0 Å². The van der Waals surface area contributed by atoms with Crippen LogP contribution in [0.5, 0.6) is 0 Å². The van der Waals surface area contributed by atoms with Crippen LogP contribution in [0.3, 0.4) is 0 Å². The minimum absolute atomic E-state index is 0.109. The maximum absolute atomic E-state index is 12.3. The summed E-state index contributed by atoms with van der Waals surface area (Å²) in [5, 5.41) is 20.1. The Morgan fingerprint density at radius 3 is 2.65 bits per heavy atom. The van der Waals surface area contributed by atoms with Gasteiger partial charge in [-0.25, -0.2) is 9.78 Å². The van der Waals surface area contributed by atoms with Crippen molar-refractivity contribution in [2.75, 3.05) is 36.2 Å². The number of carbonyl (C=O) groups excluding carboxylic acids is 1. The average molecular weight is 428 g/mol. The Labute approximate surface area is 181 Å². The molecule has 3 N–H and O–H groups in total. The number of benzene rings is 1. The molecule has 3 rings (SSSR count). The molecular weight excluding hydrogens is 398 g/mol. The van der Waals surface area contributed by atoms with Crippen LogP contribution in [0, 0.1) is 23.0 Å². The molecule has 0 unspecified atom stereocenters. The van der Waals surface area contributed by atoms with Gasteiger partial charge in [-0.3, -0.25) is 10.1 Å². The largest absolute Gasteiger partial charge is 0.363 e. The number of rotatable bonds is 7. The maximum atomic E-state index is 12.3. The van der Waals surface area contributed by atoms with E-state index in [1.54, 1.807) is 25.3 Å². The number of para-hydroxylation sites is 1. The number of hydrogen-bond donors (Lipinski definition) is 3. The summed E-state index contributed by atoms with van der Waals surface area (Å²) in [6.07, 6.45) is 5.61. The van der Waals surface area contributed by atoms with Crippen LogP contribution in [-0.4, -0.2) is 47.6 Å². The Balaban J connectivity index is 1.45. The summed E-state index contributed by atoms with van der Waals surface area (Å²) in [5.74, 6) is 1.85. The van der Waals surface area contributed by atoms with Crippen LogP contribution in [-0.2, 0) is 0 Å². The number of hydrogen-bond acceptors (Lipinski definition) is 7. The third-order valence-corrected chi connectivity index (χ3v) is 5.52. The van der Waals surface area contributed by atoms with Gasteiger partial charge in [-0.15, -0.1) is 0 Å². The summed E-state index contributed by atoms with van der Waals surface area (Å²) < 4.78 is 0. The number of nitrogens with zero attached hydrogens (tertiary/aromatic N) is 4. The van der Waals surface area contributed by atoms with Crippen molar-refractivity contribution < 1.29 is 9.72 Å². The minimum atomic E-state index is -0.491. The second-order valence-corrected chi connectivity index (χ2v) is 8.06. The van der Waals surface area contributed by atoms with Gasteiger partial charge in [-0.05, 0) is 50.2 Å². The maximum Gasteiger partial charge on any atom is 0.319 e. The van der Waals surface area contributed by atoms with Crippen LogP contribution in [0.15, 0.2) is 30.5 Å². The SMILES string of the molecule is Cc1cccc([N+](=O)[O-])c1NC(=O)NC[C@H]1CC[C@@H](Nc2nccc(N(C)C)n2)CC1. The average Bonchev–Trinajstić information content (AvgIpc) is 2.74. The molecule has 0 spiro atoms. The number of aryl methyl sites for hydroxylation is 1. The third-order valence-electron chi connectivity index (χ3n) is 5.52. The first-order valence-corrected chi connectivity index (χ1v) is 10.4. The first-order valence-electron chi connectivity index (χ1n) is 10.4. The number of urea groups is 1. The topological polar surface area (TPSA) is 125 Å². The van der Waals surface area contributed by atoms with E-state index in [0.29, 0.717) is 30.0 Å². The first kappa shape index (κ1) is 22.3. The summed E-state index contributed by atoms with van der Waals surface area (Å²) in [6.45, 7) is 2.26. The number of amides is 2. The summed E-state index contributed by atoms with van der Waals surface area (Å²) >= 11 is 0. The molecular formula is C21H29N7O3. The van der Waals surface area contributed by atoms with E-state index in [1.807, 2.05) is 25.1 Å². The third kappa shape index (κ3) is 6.03. The minimum Gasteiger partial charge on any atom is -0.363 e. The molecule has 2 amide bonds. The van der Waals surface area contributed by atoms with Gasteiger partial charge in [-0.2, -0.15) is 4.98 Å². The van der Waals surface area contributed by atoms with Crippen molar-refractivity contribution in [3.8, 4) is 0 Å². The molecule has 0 radical (unpaired) electrons. The van der Waals surface area contributed by atoms with Crippen molar-refractivity contribution in [1.82, 2.24) is 15.3 Å². The highest BCUT2D eigenvalue weighted by molar-refractivity contribution is 5.92. The van der Waals surface area contributed by atoms with Gasteiger partial charge >= 0.3 is 6.03 Å². The molecule has 0 atom stereocenters. The molecule has 0 bridgehead atoms. The summed E-state index contributed by atoms with van der Waals surface area (Å²) in [5.41, 5.74) is 0.775. The molecule has 1 heterocycles. The molecule has 1 aromatic heterocycles. The van der Waals surface area contributed by atoms with Crippen molar-refractivity contribution >= 4 is 29.2 Å². The van der Waals surface area contributed by atoms with Crippen molar-refractivity contribution in [2.45, 2.75) is 38.6 Å². The predicted molar refractivity (Wildman–Crippen MR) is 121 cm³/mol. The lowest BCUT2D eigenvalue weighted by Gasteiger charge is -2.29. The molecule has 31 heavy (non-hydrogen) atoms. The Hall–Kier alpha value is -3.43. The van der Waals surface area contributed by atoms with E-state index in [4.69, 9.17) is 0 Å². The van der Waals surface area contributed by atoms with Crippen LogP contribution in [0.4, 0.5) is 27.9 Å². The van der Waals surface area contributed by atoms with Gasteiger partial charge in [-0.1, -0.05) is 12.1 Å². The predicted octanol–water partition coefficient (Wildman–Crippen LogP) is 3.55. The highest BCUT2D eigenvalue weighted by Gasteiger charge is 2.23. The molecule has 2 aromatic rings. The summed E-state index contributed by atoms with van der Waals surface area (Å²) in [6, 6.07) is 6.46. The lowest BCUT2D eigenvalue weighted by Crippen LogP contribution is -2.36. The molecule has 166 valence electrons. The van der Waals surface area contributed by atoms with Gasteiger partial charge < -0.3 is 20.9 Å². The molecule has 1 aliphatic carbocycles. The fourth-order valence-corrected chi connectivity index (χ4v) is 3.72. The lowest BCUT2D eigenvalue weighted by molar-refractivity contribution is -0.383. The van der Waals surface area contributed by atoms with Crippen LogP contribution >= 0.6 is 0 Å². The molecule has 1 aliphatic rings. The van der Waals surface area contributed by atoms with Crippen LogP contribution in [0.25, 0.3) is 0 Å². The monoisotopic (exact) mass is 427 g/mol. The molecule has 1 aromatic carbocycles. The highest BCUT2D eigenvalue weighted by Crippen LogP contribution is 2.28. The second kappa shape index (κ2) is 10.1. The van der Waals surface area contributed by atoms with Crippen molar-refractivity contribution in [2.24, 2.45) is 5.92 Å². The zero-order valence-electron chi connectivity index (χ0n) is 18.1. The quantitative estimate of drug-likeness (QED) is 0.456. The van der Waals surface area contributed by atoms with E-state index in [0.717, 1.165) is 31.5 Å². The number of aromatic nitrogens is 2. The Morgan fingerprint density at radius 1 is 1.23 bits per heavy atom. The van der Waals surface area contributed by atoms with E-state index in [1.165, 1.54) is 6.07 Å². The van der Waals surface area contributed by atoms with Gasteiger partial charge in [0.1, 0.15) is 11.5 Å². The Kier molecular flexibility index (Phi) is 7.22. The first-order chi connectivity index (χ1) is 14.8. The number of anilines is 3. The standard InChI is InChI=1S/C21H29N7O3/c1-14-5-4-6-17(28(30)31)19(14)26-21(29)23-13-15-7-9-16(10-8-15)24-20-22-12-11-18(25-20)27(2)3/h4-6,11-12,15-16H,7-10,13H2,1-3H3,(H,22,24,25)(H2,23,26,29)/t15-,16+. The van der Waals surface area contributed by atoms with Crippen LogP contribution in [0.1, 0.15) is 31.2 Å². The smallest absolute Gasteiger partial charge is 0.319 e. The lowest BCUT2D eigenvalue weighted by atomic mass is 9.86. The highest BCUT2D eigenvalue weighted by atomic mass is 16.6. The summed E-state index contributed by atoms with van der Waals surface area (Å²) in [4.78, 5) is 33.7. The van der Waals surface area contributed by atoms with Crippen molar-refractivity contribution in [1.29, 1.82) is 0 Å². The molecule has 10 nitrogen and oxygen atoms in total. The van der Waals surface area contributed by atoms with Gasteiger partial charge in [0, 0.05) is 38.9 Å². The fourth-order valence-electron chi connectivity index (χ4n) is 3.72. The fraction of sp³-hybridized carbons (Fsp3) is 0.476. The number of carbonyl (C=O) groups is 1. The van der Waals surface area contributed by atoms with Gasteiger partial charge in [0.05, 0.1) is 4.92 Å². The normalized spacial score (nSPS) is 18.2. The molecule has 0 saturated heterocycles. The Bertz CT molecular complexity index is 927. The zero-order chi connectivity index (χ0) is 22.4. The van der Waals surface area contributed by atoms with Crippen molar-refractivity contribution in [3.63, 3.8) is 0 Å². The number of nitro groups is 1. The van der Waals surface area contributed by atoms with E-state index >= 15 is 0 Å². The van der Waals surface area contributed by atoms with Gasteiger partial charge in [0.25, 0.3) is 5.69 Å². The Morgan fingerprint density at radius 2 is 1.97 bits per heavy atom. The number of nitrogens with one attached hydrogen (secondary N) is 3. The van der Waals surface area contributed by atoms with Crippen LogP contribution < -0.4 is 20.9 Å². The molecule has 0 aliphatic heterocycles. The van der Waals surface area contributed by atoms with Crippen molar-refractivity contribution in [3.05, 3.63) is 46.1 Å². The van der Waals surface area contributed by atoms with E-state index < -0.39 is 11.0 Å². The van der Waals surface area contributed by atoms with Gasteiger partial charge in [0.15, 0.2) is 0 Å². The van der Waals surface area contributed by atoms with E-state index in [2.05, 4.69) is 25.9 Å². The molecule has 10 heteroatoms. The van der Waals surface area contributed by atoms with E-state index in [9.17, 15) is 14.9 Å².